The van der Waals surface area contributed by atoms with Gasteiger partial charge in [-0.15, -0.1) is 0 Å². The van der Waals surface area contributed by atoms with Gasteiger partial charge in [-0.1, -0.05) is 48.5 Å². The molecule has 0 atom stereocenters. The van der Waals surface area contributed by atoms with E-state index in [-0.39, 0.29) is 17.4 Å². The van der Waals surface area contributed by atoms with Gasteiger partial charge in [-0.25, -0.2) is 0 Å². The molecule has 3 aliphatic carbocycles. The largest absolute Gasteiger partial charge is 0.508 e. The van der Waals surface area contributed by atoms with Crippen LogP contribution in [0.1, 0.15) is 39.3 Å². The zero-order valence-electron chi connectivity index (χ0n) is 18.6. The highest BCUT2D eigenvalue weighted by Gasteiger charge is 2.54. The van der Waals surface area contributed by atoms with Crippen LogP contribution in [0.3, 0.4) is 0 Å². The summed E-state index contributed by atoms with van der Waals surface area (Å²) >= 11 is 0. The molecule has 4 heteroatoms. The molecule has 0 unspecified atom stereocenters. The van der Waals surface area contributed by atoms with E-state index in [1.165, 1.54) is 0 Å². The monoisotopic (exact) mass is 435 g/mol. The third-order valence-electron chi connectivity index (χ3n) is 7.19. The Labute approximate surface area is 193 Å². The first kappa shape index (κ1) is 19.7. The maximum atomic E-state index is 11.1. The predicted octanol–water partition coefficient (Wildman–Crippen LogP) is 5.38. The highest BCUT2D eigenvalue weighted by atomic mass is 16.5. The fourth-order valence-corrected chi connectivity index (χ4v) is 5.77. The number of phenols is 2. The van der Waals surface area contributed by atoms with E-state index in [2.05, 4.69) is 29.2 Å². The van der Waals surface area contributed by atoms with Crippen molar-refractivity contribution in [3.63, 3.8) is 0 Å². The highest BCUT2D eigenvalue weighted by Crippen LogP contribution is 2.62. The number of phenolic OH excluding ortho intramolecular Hbond substituents is 2. The summed E-state index contributed by atoms with van der Waals surface area (Å²) in [6.07, 6.45) is 0. The average molecular weight is 436 g/mol. The van der Waals surface area contributed by atoms with E-state index in [1.54, 1.807) is 12.1 Å². The molecule has 33 heavy (non-hydrogen) atoms. The molecule has 0 amide bonds. The lowest BCUT2D eigenvalue weighted by Crippen LogP contribution is -2.46. The van der Waals surface area contributed by atoms with E-state index in [1.807, 2.05) is 62.6 Å². The lowest BCUT2D eigenvalue weighted by molar-refractivity contribution is 0.252. The van der Waals surface area contributed by atoms with Crippen LogP contribution in [-0.2, 0) is 5.41 Å². The van der Waals surface area contributed by atoms with Crippen LogP contribution < -0.4 is 9.64 Å². The molecule has 0 spiro atoms. The number of hydrogen-bond donors (Lipinski definition) is 2. The summed E-state index contributed by atoms with van der Waals surface area (Å²) in [5.41, 5.74) is 6.42. The zero-order valence-corrected chi connectivity index (χ0v) is 18.6. The lowest BCUT2D eigenvalue weighted by Gasteiger charge is -2.50. The van der Waals surface area contributed by atoms with Gasteiger partial charge in [0.1, 0.15) is 23.9 Å². The van der Waals surface area contributed by atoms with Crippen LogP contribution in [0.2, 0.25) is 0 Å². The Bertz CT molecular complexity index is 1330. The van der Waals surface area contributed by atoms with Crippen molar-refractivity contribution in [1.29, 1.82) is 0 Å². The summed E-state index contributed by atoms with van der Waals surface area (Å²) < 4.78 is 6.45. The molecule has 0 radical (unpaired) electrons. The van der Waals surface area contributed by atoms with Gasteiger partial charge in [0.15, 0.2) is 0 Å². The topological polar surface area (TPSA) is 52.9 Å². The average Bonchev–Trinajstić information content (AvgIpc) is 2.85. The van der Waals surface area contributed by atoms with Crippen molar-refractivity contribution in [3.8, 4) is 17.2 Å². The van der Waals surface area contributed by atoms with E-state index in [4.69, 9.17) is 4.74 Å². The summed E-state index contributed by atoms with van der Waals surface area (Å²) in [4.78, 5) is 2.05. The summed E-state index contributed by atoms with van der Waals surface area (Å²) in [6.45, 7) is 0.305. The molecular formula is C29H25NO3. The highest BCUT2D eigenvalue weighted by molar-refractivity contribution is 5.76. The Morgan fingerprint density at radius 1 is 0.758 bits per heavy atom. The number of aromatic hydroxyl groups is 2. The Hall–Kier alpha value is -3.92. The van der Waals surface area contributed by atoms with E-state index in [0.717, 1.165) is 44.8 Å². The second-order valence-electron chi connectivity index (χ2n) is 9.08. The predicted molar refractivity (Wildman–Crippen MR) is 130 cm³/mol. The van der Waals surface area contributed by atoms with Gasteiger partial charge in [-0.05, 0) is 58.7 Å². The number of nitrogens with zero attached hydrogens (tertiary/aromatic N) is 1. The first-order valence-corrected chi connectivity index (χ1v) is 11.2. The van der Waals surface area contributed by atoms with Gasteiger partial charge in [-0.2, -0.15) is 0 Å². The van der Waals surface area contributed by atoms with Crippen LogP contribution in [0.5, 0.6) is 17.2 Å². The van der Waals surface area contributed by atoms with Crippen LogP contribution in [0.25, 0.3) is 0 Å². The van der Waals surface area contributed by atoms with Gasteiger partial charge in [-0.3, -0.25) is 0 Å². The zero-order chi connectivity index (χ0) is 22.7. The van der Waals surface area contributed by atoms with Crippen LogP contribution in [0, 0.1) is 0 Å². The molecule has 164 valence electrons. The third kappa shape index (κ3) is 2.64. The molecule has 4 aromatic rings. The van der Waals surface area contributed by atoms with Gasteiger partial charge >= 0.3 is 0 Å². The van der Waals surface area contributed by atoms with Gasteiger partial charge in [0.05, 0.1) is 5.41 Å². The fourth-order valence-electron chi connectivity index (χ4n) is 5.77. The van der Waals surface area contributed by atoms with Crippen LogP contribution in [-0.4, -0.2) is 30.9 Å². The van der Waals surface area contributed by atoms with E-state index >= 15 is 0 Å². The SMILES string of the molecule is CN(C)c1ccc(OCC23c4ccccc4C(c4ccccc42)c2c(O)ccc(O)c23)cc1. The van der Waals surface area contributed by atoms with Gasteiger partial charge < -0.3 is 19.8 Å². The lowest BCUT2D eigenvalue weighted by atomic mass is 9.53. The van der Waals surface area contributed by atoms with Gasteiger partial charge in [0.2, 0.25) is 0 Å². The molecule has 0 fully saturated rings. The first-order valence-electron chi connectivity index (χ1n) is 11.2. The van der Waals surface area contributed by atoms with Crippen LogP contribution in [0.15, 0.2) is 84.9 Å². The standard InChI is InChI=1S/C29H25NO3/c1-30(2)18-11-13-19(14-12-18)33-17-29-22-9-5-3-7-20(22)26(21-8-4-6-10-23(21)29)27-24(31)15-16-25(32)28(27)29/h3-16,26,31-32H,17H2,1-2H3. The number of rotatable bonds is 4. The molecular weight excluding hydrogens is 410 g/mol. The summed E-state index contributed by atoms with van der Waals surface area (Å²) in [5.74, 6) is 1.03. The summed E-state index contributed by atoms with van der Waals surface area (Å²) in [6, 6.07) is 27.9. The Kier molecular flexibility index (Phi) is 4.21. The van der Waals surface area contributed by atoms with Gasteiger partial charge in [0.25, 0.3) is 0 Å². The van der Waals surface area contributed by atoms with Crippen molar-refractivity contribution in [3.05, 3.63) is 118 Å². The molecule has 0 saturated heterocycles. The van der Waals surface area contributed by atoms with Crippen molar-refractivity contribution in [2.24, 2.45) is 0 Å². The molecule has 0 aromatic heterocycles. The van der Waals surface area contributed by atoms with Crippen molar-refractivity contribution in [2.45, 2.75) is 11.3 Å². The minimum Gasteiger partial charge on any atom is -0.508 e. The maximum absolute atomic E-state index is 11.1. The molecule has 2 bridgehead atoms. The van der Waals surface area contributed by atoms with Crippen LogP contribution >= 0.6 is 0 Å². The first-order chi connectivity index (χ1) is 16.0. The summed E-state index contributed by atoms with van der Waals surface area (Å²) in [7, 11) is 4.02. The third-order valence-corrected chi connectivity index (χ3v) is 7.19. The molecule has 4 aromatic carbocycles. The number of benzene rings is 4. The molecule has 4 nitrogen and oxygen atoms in total. The number of hydrogen-bond acceptors (Lipinski definition) is 4. The van der Waals surface area contributed by atoms with Crippen molar-refractivity contribution >= 4 is 5.69 Å². The minimum atomic E-state index is -0.736. The second kappa shape index (κ2) is 7.04. The quantitative estimate of drug-likeness (QED) is 0.423. The van der Waals surface area contributed by atoms with E-state index < -0.39 is 5.41 Å². The Balaban J connectivity index is 1.58. The smallest absolute Gasteiger partial charge is 0.120 e. The Morgan fingerprint density at radius 2 is 1.33 bits per heavy atom. The normalized spacial score (nSPS) is 19.4. The fraction of sp³-hybridized carbons (Fsp3) is 0.172. The van der Waals surface area contributed by atoms with Crippen molar-refractivity contribution in [1.82, 2.24) is 0 Å². The van der Waals surface area contributed by atoms with Crippen LogP contribution in [0.4, 0.5) is 5.69 Å². The molecule has 3 aliphatic rings. The van der Waals surface area contributed by atoms with Crippen molar-refractivity contribution < 1.29 is 14.9 Å². The van der Waals surface area contributed by atoms with Crippen molar-refractivity contribution in [2.75, 3.05) is 25.6 Å². The number of ether oxygens (including phenoxy) is 1. The van der Waals surface area contributed by atoms with E-state index in [9.17, 15) is 10.2 Å². The Morgan fingerprint density at radius 3 is 1.94 bits per heavy atom. The molecule has 7 rings (SSSR count). The molecule has 0 heterocycles. The second-order valence-corrected chi connectivity index (χ2v) is 9.08. The van der Waals surface area contributed by atoms with E-state index in [0.29, 0.717) is 6.61 Å². The summed E-state index contributed by atoms with van der Waals surface area (Å²) in [5, 5.41) is 22.1. The molecule has 0 saturated carbocycles. The van der Waals surface area contributed by atoms with Gasteiger partial charge in [0, 0.05) is 36.8 Å². The molecule has 0 aliphatic heterocycles. The molecule has 2 N–H and O–H groups in total. The maximum Gasteiger partial charge on any atom is 0.120 e. The minimum absolute atomic E-state index is 0.124. The number of anilines is 1.